The molecule has 0 unspecified atom stereocenters. The van der Waals surface area contributed by atoms with Crippen molar-refractivity contribution in [1.82, 2.24) is 0 Å². The zero-order valence-electron chi connectivity index (χ0n) is 8.05. The van der Waals surface area contributed by atoms with Crippen LogP contribution in [0.1, 0.15) is 5.56 Å². The van der Waals surface area contributed by atoms with Crippen molar-refractivity contribution in [2.45, 2.75) is 0 Å². The van der Waals surface area contributed by atoms with Crippen LogP contribution in [-0.2, 0) is 0 Å². The molecule has 0 saturated heterocycles. The molecule has 0 fully saturated rings. The Morgan fingerprint density at radius 2 is 1.40 bits per heavy atom. The van der Waals surface area contributed by atoms with E-state index in [0.29, 0.717) is 0 Å². The van der Waals surface area contributed by atoms with Gasteiger partial charge in [-0.2, -0.15) is 0 Å². The van der Waals surface area contributed by atoms with Crippen LogP contribution in [0.2, 0.25) is 0 Å². The van der Waals surface area contributed by atoms with Gasteiger partial charge in [0.2, 0.25) is 0 Å². The van der Waals surface area contributed by atoms with E-state index in [1.807, 2.05) is 18.2 Å². The van der Waals surface area contributed by atoms with Gasteiger partial charge in [-0.1, -0.05) is 0 Å². The summed E-state index contributed by atoms with van der Waals surface area (Å²) >= 11 is -0.285. The molecule has 2 rings (SSSR count). The molecule has 0 aliphatic heterocycles. The molecule has 0 N–H and O–H groups in total. The monoisotopic (exact) mass is 309 g/mol. The van der Waals surface area contributed by atoms with Crippen molar-refractivity contribution < 1.29 is 0 Å². The van der Waals surface area contributed by atoms with Crippen LogP contribution in [0, 0.1) is 11.3 Å². The number of nitriles is 1. The van der Waals surface area contributed by atoms with Gasteiger partial charge in [0.05, 0.1) is 0 Å². The number of benzene rings is 2. The molecule has 0 aromatic heterocycles. The van der Waals surface area contributed by atoms with E-state index in [4.69, 9.17) is 5.26 Å². The molecule has 72 valence electrons. The molecule has 0 radical (unpaired) electrons. The zero-order valence-corrected chi connectivity index (χ0v) is 10.4. The summed E-state index contributed by atoms with van der Waals surface area (Å²) < 4.78 is 2.79. The molecule has 0 bridgehead atoms. The standard InChI is InChI=1S/C13H9NTe/c14-10-11-6-8-13(9-7-11)15-12-4-2-1-3-5-12/h1-9H. The Kier molecular flexibility index (Phi) is 3.40. The van der Waals surface area contributed by atoms with Crippen LogP contribution in [0.5, 0.6) is 0 Å². The second-order valence-electron chi connectivity index (χ2n) is 3.05. The third kappa shape index (κ3) is 2.83. The molecule has 2 aromatic carbocycles. The summed E-state index contributed by atoms with van der Waals surface area (Å²) in [7, 11) is 0. The molecular weight excluding hydrogens is 298 g/mol. The molecule has 2 aromatic rings. The fourth-order valence-corrected chi connectivity index (χ4v) is 3.61. The van der Waals surface area contributed by atoms with Crippen LogP contribution < -0.4 is 7.22 Å². The summed E-state index contributed by atoms with van der Waals surface area (Å²) in [6.45, 7) is 0. The Morgan fingerprint density at radius 1 is 0.800 bits per heavy atom. The van der Waals surface area contributed by atoms with Crippen LogP contribution in [-0.4, -0.2) is 20.9 Å². The average Bonchev–Trinajstić information content (AvgIpc) is 2.31. The van der Waals surface area contributed by atoms with Gasteiger partial charge < -0.3 is 0 Å². The molecular formula is C13H9NTe. The molecule has 0 heterocycles. The summed E-state index contributed by atoms with van der Waals surface area (Å²) in [4.78, 5) is 0. The predicted octanol–water partition coefficient (Wildman–Crippen LogP) is 1.21. The SMILES string of the molecule is N#Cc1ccc([Te]c2ccccc2)cc1. The van der Waals surface area contributed by atoms with Crippen LogP contribution >= 0.6 is 0 Å². The Labute approximate surface area is 99.4 Å². The molecule has 2 heteroatoms. The number of rotatable bonds is 2. The maximum atomic E-state index is 8.68. The van der Waals surface area contributed by atoms with Gasteiger partial charge in [-0.25, -0.2) is 0 Å². The van der Waals surface area contributed by atoms with Crippen molar-refractivity contribution in [3.05, 3.63) is 60.2 Å². The summed E-state index contributed by atoms with van der Waals surface area (Å²) in [5.74, 6) is 0. The Morgan fingerprint density at radius 3 is 2.00 bits per heavy atom. The molecule has 0 spiro atoms. The van der Waals surface area contributed by atoms with E-state index in [1.54, 1.807) is 0 Å². The first-order valence-electron chi connectivity index (χ1n) is 4.61. The van der Waals surface area contributed by atoms with Gasteiger partial charge >= 0.3 is 99.6 Å². The van der Waals surface area contributed by atoms with Crippen molar-refractivity contribution in [3.8, 4) is 6.07 Å². The van der Waals surface area contributed by atoms with E-state index in [2.05, 4.69) is 42.5 Å². The Hall–Kier alpha value is -1.28. The normalized spacial score (nSPS) is 9.53. The Bertz CT molecular complexity index is 468. The predicted molar refractivity (Wildman–Crippen MR) is 62.6 cm³/mol. The fourth-order valence-electron chi connectivity index (χ4n) is 1.22. The topological polar surface area (TPSA) is 23.8 Å². The van der Waals surface area contributed by atoms with Gasteiger partial charge in [-0.15, -0.1) is 0 Å². The quantitative estimate of drug-likeness (QED) is 0.765. The number of hydrogen-bond donors (Lipinski definition) is 0. The fraction of sp³-hybridized carbons (Fsp3) is 0. The summed E-state index contributed by atoms with van der Waals surface area (Å²) in [6.07, 6.45) is 0. The maximum absolute atomic E-state index is 8.68. The molecule has 0 aliphatic carbocycles. The van der Waals surface area contributed by atoms with Crippen molar-refractivity contribution in [1.29, 1.82) is 5.26 Å². The second kappa shape index (κ2) is 4.99. The molecule has 0 amide bonds. The molecule has 1 nitrogen and oxygen atoms in total. The number of hydrogen-bond acceptors (Lipinski definition) is 1. The third-order valence-corrected chi connectivity index (χ3v) is 4.86. The van der Waals surface area contributed by atoms with Crippen molar-refractivity contribution in [2.75, 3.05) is 0 Å². The van der Waals surface area contributed by atoms with E-state index < -0.39 is 0 Å². The summed E-state index contributed by atoms with van der Waals surface area (Å²) in [6, 6.07) is 20.6. The minimum absolute atomic E-state index is 0.285. The second-order valence-corrected chi connectivity index (χ2v) is 6.32. The number of nitrogens with zero attached hydrogens (tertiary/aromatic N) is 1. The third-order valence-electron chi connectivity index (χ3n) is 1.96. The van der Waals surface area contributed by atoms with Crippen molar-refractivity contribution in [2.24, 2.45) is 0 Å². The first-order chi connectivity index (χ1) is 7.38. The van der Waals surface area contributed by atoms with Gasteiger partial charge in [0, 0.05) is 0 Å². The molecule has 0 saturated carbocycles. The molecule has 15 heavy (non-hydrogen) atoms. The molecule has 0 atom stereocenters. The Balaban J connectivity index is 2.16. The van der Waals surface area contributed by atoms with E-state index >= 15 is 0 Å². The van der Waals surface area contributed by atoms with Crippen molar-refractivity contribution in [3.63, 3.8) is 0 Å². The van der Waals surface area contributed by atoms with Crippen LogP contribution in [0.3, 0.4) is 0 Å². The van der Waals surface area contributed by atoms with E-state index in [0.717, 1.165) is 5.56 Å². The van der Waals surface area contributed by atoms with Gasteiger partial charge in [0.15, 0.2) is 0 Å². The minimum atomic E-state index is -0.285. The van der Waals surface area contributed by atoms with Gasteiger partial charge in [0.1, 0.15) is 0 Å². The summed E-state index contributed by atoms with van der Waals surface area (Å²) in [5, 5.41) is 8.68. The van der Waals surface area contributed by atoms with Crippen molar-refractivity contribution >= 4 is 28.1 Å². The molecule has 0 aliphatic rings. The van der Waals surface area contributed by atoms with Gasteiger partial charge in [-0.05, 0) is 0 Å². The zero-order chi connectivity index (χ0) is 10.5. The van der Waals surface area contributed by atoms with Gasteiger partial charge in [0.25, 0.3) is 0 Å². The van der Waals surface area contributed by atoms with E-state index in [9.17, 15) is 0 Å². The van der Waals surface area contributed by atoms with Crippen LogP contribution in [0.4, 0.5) is 0 Å². The first kappa shape index (κ1) is 10.2. The van der Waals surface area contributed by atoms with Crippen LogP contribution in [0.15, 0.2) is 54.6 Å². The van der Waals surface area contributed by atoms with E-state index in [1.165, 1.54) is 7.22 Å². The first-order valence-corrected chi connectivity index (χ1v) is 6.94. The van der Waals surface area contributed by atoms with Crippen LogP contribution in [0.25, 0.3) is 0 Å². The average molecular weight is 307 g/mol. The summed E-state index contributed by atoms with van der Waals surface area (Å²) in [5.41, 5.74) is 0.735. The van der Waals surface area contributed by atoms with E-state index in [-0.39, 0.29) is 20.9 Å². The van der Waals surface area contributed by atoms with Gasteiger partial charge in [-0.3, -0.25) is 0 Å².